The van der Waals surface area contributed by atoms with Gasteiger partial charge in [-0.25, -0.2) is 9.59 Å². The minimum absolute atomic E-state index is 0.0208. The second kappa shape index (κ2) is 47.8. The largest absolute Gasteiger partial charge is 0.480 e. The second-order valence-corrected chi connectivity index (χ2v) is 16.4. The molecule has 0 saturated carbocycles. The Bertz CT molecular complexity index is 1580. The van der Waals surface area contributed by atoms with Crippen LogP contribution in [0.25, 0.3) is 0 Å². The molecule has 13 atom stereocenters. The number of primary amides is 1. The highest BCUT2D eigenvalue weighted by atomic mass is 32.1. The van der Waals surface area contributed by atoms with Gasteiger partial charge in [0, 0.05) is 5.75 Å². The number of carboxylic acid groups (broad SMARTS) is 6. The molecule has 0 unspecified atom stereocenters. The van der Waals surface area contributed by atoms with Gasteiger partial charge in [0.25, 0.3) is 0 Å². The zero-order chi connectivity index (χ0) is 59.6. The molecule has 0 bridgehead atoms. The Morgan fingerprint density at radius 3 is 1.12 bits per heavy atom. The summed E-state index contributed by atoms with van der Waals surface area (Å²) in [6.07, 6.45) is 1.34. The first-order valence-electron chi connectivity index (χ1n) is 22.3. The average molecular weight is 1090 g/mol. The lowest BCUT2D eigenvalue weighted by molar-refractivity contribution is -0.166. The molecule has 0 rings (SSSR count). The van der Waals surface area contributed by atoms with E-state index in [9.17, 15) is 47.9 Å². The number of aliphatic carboxylic acids is 6. The fraction of sp³-hybridized carbons (Fsp3) is 0.756. The average Bonchev–Trinajstić information content (AvgIpc) is 3.31. The first kappa shape index (κ1) is 81.8. The SMILES string of the molecule is CC(C)[C@H](N)C(=O)O.CC[C@H](C)[C@H](N)C(=O)O.CC[C@H](C)[C@H](N)C(=O)O[C@H](C)[C@H](N)C(=O)OC(=O)[C@@H](N)CO.C[C@@H](O)[C@H](N)C(=O)O.NC(=O)C[C@H](N)C(=O)O.NCCCC[C@H](N)C(=O)O.N[C@@H](CS)C(=O)O. The normalized spacial score (nSPS) is 15.5. The van der Waals surface area contributed by atoms with Gasteiger partial charge in [-0.2, -0.15) is 12.6 Å². The zero-order valence-corrected chi connectivity index (χ0v) is 43.6. The van der Waals surface area contributed by atoms with Gasteiger partial charge in [-0.1, -0.05) is 60.8 Å². The summed E-state index contributed by atoms with van der Waals surface area (Å²) in [6.45, 7) is 13.6. The van der Waals surface area contributed by atoms with Gasteiger partial charge in [0.05, 0.1) is 19.1 Å². The third-order valence-electron chi connectivity index (χ3n) is 9.20. The summed E-state index contributed by atoms with van der Waals surface area (Å²) in [5.74, 6) is -9.60. The summed E-state index contributed by atoms with van der Waals surface area (Å²) in [7, 11) is 0. The van der Waals surface area contributed by atoms with Crippen molar-refractivity contribution in [3.63, 3.8) is 0 Å². The van der Waals surface area contributed by atoms with E-state index in [0.717, 1.165) is 19.3 Å². The summed E-state index contributed by atoms with van der Waals surface area (Å²) in [5, 5.41) is 66.2. The molecule has 0 aliphatic heterocycles. The van der Waals surface area contributed by atoms with Crippen LogP contribution in [-0.2, 0) is 57.4 Å². The number of thiol groups is 1. The number of carbonyl (C=O) groups is 10. The van der Waals surface area contributed by atoms with Crippen molar-refractivity contribution in [3.8, 4) is 0 Å². The van der Waals surface area contributed by atoms with Crippen molar-refractivity contribution in [3.05, 3.63) is 0 Å². The Hall–Kier alpha value is -5.23. The highest BCUT2D eigenvalue weighted by Gasteiger charge is 2.31. The number of hydrogen-bond acceptors (Lipinski definition) is 25. The van der Waals surface area contributed by atoms with Gasteiger partial charge in [0.1, 0.15) is 60.5 Å². The van der Waals surface area contributed by atoms with Crippen LogP contribution in [0, 0.1) is 17.8 Å². The predicted molar refractivity (Wildman–Crippen MR) is 267 cm³/mol. The molecular formula is C41H87N11O20S. The Labute approximate surface area is 429 Å². The summed E-state index contributed by atoms with van der Waals surface area (Å²) in [4.78, 5) is 105. The van der Waals surface area contributed by atoms with E-state index in [1.807, 2.05) is 20.8 Å². The molecular weight excluding hydrogens is 999 g/mol. The Kier molecular flexibility index (Phi) is 53.5. The van der Waals surface area contributed by atoms with Gasteiger partial charge < -0.3 is 113 Å². The predicted octanol–water partition coefficient (Wildman–Crippen LogP) is -5.58. The van der Waals surface area contributed by atoms with Gasteiger partial charge in [-0.3, -0.25) is 38.4 Å². The molecule has 73 heavy (non-hydrogen) atoms. The van der Waals surface area contributed by atoms with Crippen LogP contribution in [0.2, 0.25) is 0 Å². The van der Waals surface area contributed by atoms with Crippen LogP contribution >= 0.6 is 12.6 Å². The van der Waals surface area contributed by atoms with Crippen LogP contribution in [0.1, 0.15) is 93.9 Å². The topological polar surface area (TPSA) is 637 Å². The van der Waals surface area contributed by atoms with Gasteiger partial charge in [0.15, 0.2) is 0 Å². The lowest BCUT2D eigenvalue weighted by atomic mass is 10.0. The summed E-state index contributed by atoms with van der Waals surface area (Å²) >= 11 is 3.65. The zero-order valence-electron chi connectivity index (χ0n) is 42.7. The van der Waals surface area contributed by atoms with Crippen molar-refractivity contribution in [2.45, 2.75) is 160 Å². The van der Waals surface area contributed by atoms with Crippen LogP contribution < -0.4 is 63.1 Å². The first-order valence-corrected chi connectivity index (χ1v) is 22.9. The fourth-order valence-electron chi connectivity index (χ4n) is 3.33. The van der Waals surface area contributed by atoms with Crippen LogP contribution in [0.4, 0.5) is 0 Å². The highest BCUT2D eigenvalue weighted by molar-refractivity contribution is 7.80. The number of unbranched alkanes of at least 4 members (excludes halogenated alkanes) is 1. The summed E-state index contributed by atoms with van der Waals surface area (Å²) in [6, 6.07) is -8.81. The highest BCUT2D eigenvalue weighted by Crippen LogP contribution is 2.10. The van der Waals surface area contributed by atoms with Crippen molar-refractivity contribution in [1.29, 1.82) is 0 Å². The number of aliphatic hydroxyl groups excluding tert-OH is 2. The molecule has 0 heterocycles. The van der Waals surface area contributed by atoms with Crippen molar-refractivity contribution in [2.75, 3.05) is 18.9 Å². The molecule has 0 aliphatic rings. The monoisotopic (exact) mass is 1090 g/mol. The summed E-state index contributed by atoms with van der Waals surface area (Å²) < 4.78 is 9.39. The maximum atomic E-state index is 11.8. The van der Waals surface area contributed by atoms with Crippen LogP contribution in [0.15, 0.2) is 0 Å². The third-order valence-corrected chi connectivity index (χ3v) is 9.59. The van der Waals surface area contributed by atoms with Gasteiger partial charge in [-0.05, 0) is 51.0 Å². The second-order valence-electron chi connectivity index (χ2n) is 16.0. The molecule has 1 amide bonds. The van der Waals surface area contributed by atoms with Gasteiger partial charge >= 0.3 is 53.7 Å². The van der Waals surface area contributed by atoms with E-state index in [-0.39, 0.29) is 29.9 Å². The molecule has 0 aliphatic carbocycles. The molecule has 31 nitrogen and oxygen atoms in total. The third kappa shape index (κ3) is 48.8. The Morgan fingerprint density at radius 1 is 0.507 bits per heavy atom. The molecule has 432 valence electrons. The van der Waals surface area contributed by atoms with E-state index in [0.29, 0.717) is 19.4 Å². The van der Waals surface area contributed by atoms with E-state index in [1.54, 1.807) is 20.8 Å². The molecule has 0 aromatic heterocycles. The fourth-order valence-corrected chi connectivity index (χ4v) is 3.49. The minimum Gasteiger partial charge on any atom is -0.480 e. The quantitative estimate of drug-likeness (QED) is 0.0175. The van der Waals surface area contributed by atoms with Gasteiger partial charge in [0.2, 0.25) is 5.91 Å². The van der Waals surface area contributed by atoms with Crippen molar-refractivity contribution >= 4 is 72.3 Å². The molecule has 0 aromatic rings. The lowest BCUT2D eigenvalue weighted by Crippen LogP contribution is -2.49. The number of nitrogens with two attached hydrogens (primary N) is 11. The molecule has 0 aromatic carbocycles. The van der Waals surface area contributed by atoms with Crippen LogP contribution in [0.5, 0.6) is 0 Å². The van der Waals surface area contributed by atoms with Gasteiger partial charge in [-0.15, -0.1) is 0 Å². The van der Waals surface area contributed by atoms with E-state index < -0.39 is 133 Å². The Morgan fingerprint density at radius 2 is 0.904 bits per heavy atom. The summed E-state index contributed by atoms with van der Waals surface area (Å²) in [5.41, 5.74) is 56.7. The molecule has 32 heteroatoms. The van der Waals surface area contributed by atoms with Crippen molar-refractivity contribution in [2.24, 2.45) is 80.8 Å². The maximum absolute atomic E-state index is 11.8. The molecule has 0 fully saturated rings. The number of hydrogen-bond donors (Lipinski definition) is 20. The van der Waals surface area contributed by atoms with Crippen molar-refractivity contribution in [1.82, 2.24) is 0 Å². The number of aliphatic hydroxyl groups is 2. The van der Waals surface area contributed by atoms with Crippen LogP contribution in [0.3, 0.4) is 0 Å². The minimum atomic E-state index is -1.37. The van der Waals surface area contributed by atoms with E-state index in [4.69, 9.17) is 103 Å². The number of carboxylic acids is 6. The first-order chi connectivity index (χ1) is 33.2. The molecule has 0 spiro atoms. The number of rotatable bonds is 25. The molecule has 30 N–H and O–H groups in total. The van der Waals surface area contributed by atoms with Crippen LogP contribution in [-0.4, -0.2) is 186 Å². The van der Waals surface area contributed by atoms with E-state index in [2.05, 4.69) is 23.1 Å². The maximum Gasteiger partial charge on any atom is 0.334 e. The van der Waals surface area contributed by atoms with E-state index >= 15 is 0 Å². The number of amides is 1. The van der Waals surface area contributed by atoms with Crippen molar-refractivity contribution < 1.29 is 98.3 Å². The number of esters is 3. The lowest BCUT2D eigenvalue weighted by Gasteiger charge is -2.23. The molecule has 0 saturated heterocycles. The standard InChI is InChI=1S/C13H25N3O6.C6H14N2O2.C6H13NO2.C5H11NO2.C4H8N2O3.C4H9NO3.C3H7NO2S/c1-4-6(2)9(15)12(19)21-7(3)10(16)13(20)22-11(18)8(14)5-17;7-4-2-1-3-5(8)6(9)10;1-3-4(2)5(7)6(8)9;1-3(2)4(6)5(7)8;5-2(4(8)9)1-3(6)7;1-2(6)3(5)4(7)8;4-2(1-7)3(5)6/h6-10,17H,4-5,14-16H2,1-3H3;5H,1-4,7-8H2,(H,9,10);4-5H,3,7H2,1-2H3,(H,8,9);3-4H,6H2,1-2H3,(H,7,8);2H,1,5H2,(H2,6,7)(H,8,9);2-3,6H,5H2,1H3,(H,7,8);2,7H,1,4H2,(H,5,6)/t6-,7+,8-,9-,10-;5-;4-,5-;4-;2-;2-,3+;2-/m0000010/s1. The Balaban J connectivity index is -0.000000147. The molecule has 0 radical (unpaired) electrons. The number of carbonyl (C=O) groups excluding carboxylic acids is 4. The number of ether oxygens (including phenoxy) is 2. The smallest absolute Gasteiger partial charge is 0.334 e. The van der Waals surface area contributed by atoms with E-state index in [1.165, 1.54) is 13.8 Å².